The van der Waals surface area contributed by atoms with Crippen molar-refractivity contribution in [1.29, 1.82) is 0 Å². The van der Waals surface area contributed by atoms with Crippen LogP contribution in [-0.2, 0) is 4.79 Å². The Morgan fingerprint density at radius 1 is 1.39 bits per heavy atom. The molecule has 4 nitrogen and oxygen atoms in total. The smallest absolute Gasteiger partial charge is 0.294 e. The first-order chi connectivity index (χ1) is 13.1. The number of amides is 2. The molecule has 0 saturated carbocycles. The standard InChI is InChI=1S/C22H27ClN2O2S/c1-7-14(4)25-20(26)19(28-21(25)27)10-15-9-16-13(3)12-22(5,6)24(8-2)18(16)11-17(15)23/h7,9-11,13-14H,1,8,12H2,2-6H3/b19-10+. The quantitative estimate of drug-likeness (QED) is 0.440. The number of imide groups is 1. The third kappa shape index (κ3) is 3.50. The Hall–Kier alpha value is -1.72. The molecule has 0 aromatic heterocycles. The van der Waals surface area contributed by atoms with Gasteiger partial charge in [0.2, 0.25) is 0 Å². The Labute approximate surface area is 176 Å². The van der Waals surface area contributed by atoms with Crippen LogP contribution in [0.5, 0.6) is 0 Å². The second-order valence-electron chi connectivity index (χ2n) is 8.12. The summed E-state index contributed by atoms with van der Waals surface area (Å²) in [4.78, 5) is 29.0. The van der Waals surface area contributed by atoms with E-state index >= 15 is 0 Å². The van der Waals surface area contributed by atoms with Crippen LogP contribution < -0.4 is 4.90 Å². The summed E-state index contributed by atoms with van der Waals surface area (Å²) in [5, 5.41) is 0.315. The van der Waals surface area contributed by atoms with Crippen LogP contribution in [0.15, 0.2) is 29.7 Å². The second kappa shape index (κ2) is 7.60. The number of nitrogens with zero attached hydrogens (tertiary/aromatic N) is 2. The molecule has 2 amide bonds. The Morgan fingerprint density at radius 2 is 2.07 bits per heavy atom. The van der Waals surface area contributed by atoms with Gasteiger partial charge in [-0.15, -0.1) is 6.58 Å². The molecule has 1 aromatic rings. The van der Waals surface area contributed by atoms with Crippen LogP contribution in [0.25, 0.3) is 6.08 Å². The highest BCUT2D eigenvalue weighted by Crippen LogP contribution is 2.45. The van der Waals surface area contributed by atoms with Crippen LogP contribution in [0.3, 0.4) is 0 Å². The van der Waals surface area contributed by atoms with Crippen LogP contribution in [0, 0.1) is 0 Å². The monoisotopic (exact) mass is 418 g/mol. The van der Waals surface area contributed by atoms with Gasteiger partial charge in [-0.3, -0.25) is 14.5 Å². The van der Waals surface area contributed by atoms with Crippen molar-refractivity contribution in [2.24, 2.45) is 0 Å². The molecule has 0 radical (unpaired) electrons. The Morgan fingerprint density at radius 3 is 2.68 bits per heavy atom. The van der Waals surface area contributed by atoms with Gasteiger partial charge >= 0.3 is 0 Å². The van der Waals surface area contributed by atoms with E-state index in [0.29, 0.717) is 15.8 Å². The Kier molecular flexibility index (Phi) is 5.70. The SMILES string of the molecule is C=CC(C)N1C(=O)S/C(=C/c2cc3c(cc2Cl)N(CC)C(C)(C)CC3C)C1=O. The lowest BCUT2D eigenvalue weighted by molar-refractivity contribution is -0.123. The molecule has 6 heteroatoms. The van der Waals surface area contributed by atoms with Crippen molar-refractivity contribution in [2.75, 3.05) is 11.4 Å². The number of hydrogen-bond donors (Lipinski definition) is 0. The van der Waals surface area contributed by atoms with Crippen molar-refractivity contribution < 1.29 is 9.59 Å². The molecular weight excluding hydrogens is 392 g/mol. The van der Waals surface area contributed by atoms with Crippen molar-refractivity contribution in [2.45, 2.75) is 58.5 Å². The largest absolute Gasteiger partial charge is 0.366 e. The molecular formula is C22H27ClN2O2S. The van der Waals surface area contributed by atoms with Gasteiger partial charge in [-0.05, 0) is 81.1 Å². The van der Waals surface area contributed by atoms with E-state index in [1.807, 2.05) is 6.07 Å². The lowest BCUT2D eigenvalue weighted by atomic mass is 9.79. The number of hydrogen-bond acceptors (Lipinski definition) is 4. The van der Waals surface area contributed by atoms with Gasteiger partial charge in [0.1, 0.15) is 0 Å². The number of halogens is 1. The van der Waals surface area contributed by atoms with Crippen LogP contribution in [-0.4, -0.2) is 34.2 Å². The van der Waals surface area contributed by atoms with Gasteiger partial charge in [0.15, 0.2) is 0 Å². The summed E-state index contributed by atoms with van der Waals surface area (Å²) in [6, 6.07) is 3.74. The minimum atomic E-state index is -0.335. The molecule has 2 aliphatic heterocycles. The fourth-order valence-corrected chi connectivity index (χ4v) is 5.43. The second-order valence-corrected chi connectivity index (χ2v) is 9.52. The maximum Gasteiger partial charge on any atom is 0.294 e. The Bertz CT molecular complexity index is 878. The average Bonchev–Trinajstić information content (AvgIpc) is 2.89. The maximum atomic E-state index is 12.7. The van der Waals surface area contributed by atoms with E-state index in [0.717, 1.165) is 36.0 Å². The molecule has 0 N–H and O–H groups in total. The molecule has 2 unspecified atom stereocenters. The molecule has 2 heterocycles. The highest BCUT2D eigenvalue weighted by atomic mass is 35.5. The summed E-state index contributed by atoms with van der Waals surface area (Å²) in [6.45, 7) is 15.3. The molecule has 3 rings (SSSR count). The molecule has 28 heavy (non-hydrogen) atoms. The summed E-state index contributed by atoms with van der Waals surface area (Å²) < 4.78 is 0. The van der Waals surface area contributed by atoms with Crippen LogP contribution in [0.1, 0.15) is 58.1 Å². The van der Waals surface area contributed by atoms with Crippen LogP contribution in [0.2, 0.25) is 5.02 Å². The van der Waals surface area contributed by atoms with E-state index < -0.39 is 0 Å². The minimum absolute atomic E-state index is 0.0650. The summed E-state index contributed by atoms with van der Waals surface area (Å²) in [5.74, 6) is 0.0913. The molecule has 0 bridgehead atoms. The first kappa shape index (κ1) is 21.0. The zero-order chi connectivity index (χ0) is 20.8. The summed E-state index contributed by atoms with van der Waals surface area (Å²) in [6.07, 6.45) is 4.38. The number of benzene rings is 1. The topological polar surface area (TPSA) is 40.6 Å². The van der Waals surface area contributed by atoms with Crippen molar-refractivity contribution in [3.05, 3.63) is 45.8 Å². The summed E-state index contributed by atoms with van der Waals surface area (Å²) in [5.41, 5.74) is 3.23. The van der Waals surface area contributed by atoms with E-state index in [1.54, 1.807) is 19.1 Å². The predicted molar refractivity (Wildman–Crippen MR) is 119 cm³/mol. The van der Waals surface area contributed by atoms with Gasteiger partial charge in [-0.2, -0.15) is 0 Å². The number of anilines is 1. The number of fused-ring (bicyclic) bond motifs is 1. The van der Waals surface area contributed by atoms with E-state index in [1.165, 1.54) is 10.5 Å². The third-order valence-corrected chi connectivity index (χ3v) is 6.89. The summed E-state index contributed by atoms with van der Waals surface area (Å²) in [7, 11) is 0. The van der Waals surface area contributed by atoms with Crippen molar-refractivity contribution in [3.63, 3.8) is 0 Å². The molecule has 2 atom stereocenters. The molecule has 0 aliphatic carbocycles. The van der Waals surface area contributed by atoms with Gasteiger partial charge in [0.25, 0.3) is 11.1 Å². The summed E-state index contributed by atoms with van der Waals surface area (Å²) >= 11 is 7.56. The average molecular weight is 419 g/mol. The van der Waals surface area contributed by atoms with Crippen molar-refractivity contribution >= 4 is 46.3 Å². The van der Waals surface area contributed by atoms with E-state index in [9.17, 15) is 9.59 Å². The maximum absolute atomic E-state index is 12.7. The fraction of sp³-hybridized carbons (Fsp3) is 0.455. The van der Waals surface area contributed by atoms with Gasteiger partial charge in [-0.1, -0.05) is 24.6 Å². The minimum Gasteiger partial charge on any atom is -0.366 e. The lowest BCUT2D eigenvalue weighted by Crippen LogP contribution is -2.48. The zero-order valence-electron chi connectivity index (χ0n) is 17.1. The molecule has 1 fully saturated rings. The first-order valence-corrected chi connectivity index (χ1v) is 10.8. The zero-order valence-corrected chi connectivity index (χ0v) is 18.7. The van der Waals surface area contributed by atoms with Crippen LogP contribution in [0.4, 0.5) is 10.5 Å². The molecule has 1 aromatic carbocycles. The fourth-order valence-electron chi connectivity index (χ4n) is 4.31. The first-order valence-electron chi connectivity index (χ1n) is 9.61. The van der Waals surface area contributed by atoms with Gasteiger partial charge < -0.3 is 4.90 Å². The highest BCUT2D eigenvalue weighted by Gasteiger charge is 2.38. The van der Waals surface area contributed by atoms with E-state index in [4.69, 9.17) is 11.6 Å². The Balaban J connectivity index is 2.03. The van der Waals surface area contributed by atoms with E-state index in [-0.39, 0.29) is 22.7 Å². The van der Waals surface area contributed by atoms with Crippen molar-refractivity contribution in [1.82, 2.24) is 4.90 Å². The van der Waals surface area contributed by atoms with E-state index in [2.05, 4.69) is 45.2 Å². The number of thioether (sulfide) groups is 1. The van der Waals surface area contributed by atoms with Gasteiger partial charge in [0.05, 0.1) is 10.9 Å². The van der Waals surface area contributed by atoms with Crippen molar-refractivity contribution in [3.8, 4) is 0 Å². The predicted octanol–water partition coefficient (Wildman–Crippen LogP) is 6.06. The van der Waals surface area contributed by atoms with Gasteiger partial charge in [-0.25, -0.2) is 0 Å². The molecule has 150 valence electrons. The highest BCUT2D eigenvalue weighted by molar-refractivity contribution is 8.18. The van der Waals surface area contributed by atoms with Gasteiger partial charge in [0, 0.05) is 22.8 Å². The third-order valence-electron chi connectivity index (χ3n) is 5.68. The van der Waals surface area contributed by atoms with Crippen LogP contribution >= 0.6 is 23.4 Å². The molecule has 1 saturated heterocycles. The number of carbonyl (C=O) groups excluding carboxylic acids is 2. The molecule has 2 aliphatic rings. The number of carbonyl (C=O) groups is 2. The number of rotatable bonds is 4. The normalized spacial score (nSPS) is 23.9. The lowest BCUT2D eigenvalue weighted by Gasteiger charge is -2.47. The molecule has 0 spiro atoms.